The van der Waals surface area contributed by atoms with E-state index in [0.717, 1.165) is 18.9 Å². The van der Waals surface area contributed by atoms with Gasteiger partial charge in [0.2, 0.25) is 0 Å². The molecule has 4 nitrogen and oxygen atoms in total. The zero-order valence-corrected chi connectivity index (χ0v) is 9.05. The Morgan fingerprint density at radius 3 is 2.69 bits per heavy atom. The van der Waals surface area contributed by atoms with Crippen LogP contribution in [0.5, 0.6) is 11.5 Å². The molecule has 16 heavy (non-hydrogen) atoms. The second-order valence-electron chi connectivity index (χ2n) is 3.07. The minimum absolute atomic E-state index is 0.300. The summed E-state index contributed by atoms with van der Waals surface area (Å²) >= 11 is 0. The maximum absolute atomic E-state index is 11.3. The van der Waals surface area contributed by atoms with Crippen LogP contribution in [0.15, 0.2) is 36.8 Å². The van der Waals surface area contributed by atoms with Gasteiger partial charge in [-0.25, -0.2) is 0 Å². The first-order valence-corrected chi connectivity index (χ1v) is 5.03. The highest BCUT2D eigenvalue weighted by Crippen LogP contribution is 2.26. The molecule has 0 amide bonds. The van der Waals surface area contributed by atoms with Gasteiger partial charge in [-0.1, -0.05) is 19.1 Å². The van der Waals surface area contributed by atoms with Gasteiger partial charge < -0.3 is 14.6 Å². The molecule has 0 atom stereocenters. The summed E-state index contributed by atoms with van der Waals surface area (Å²) in [5.74, 6) is 0.433. The first-order chi connectivity index (χ1) is 7.77. The lowest BCUT2D eigenvalue weighted by Gasteiger charge is -2.07. The lowest BCUT2D eigenvalue weighted by molar-refractivity contribution is -0.134. The number of hydrogen-bond acceptors (Lipinski definition) is 4. The van der Waals surface area contributed by atoms with Gasteiger partial charge in [-0.3, -0.25) is 4.79 Å². The van der Waals surface area contributed by atoms with E-state index in [9.17, 15) is 4.79 Å². The van der Waals surface area contributed by atoms with Crippen LogP contribution in [-0.2, 0) is 4.79 Å². The van der Waals surface area contributed by atoms with E-state index >= 15 is 0 Å². The third kappa shape index (κ3) is 3.65. The van der Waals surface area contributed by atoms with Crippen molar-refractivity contribution in [3.8, 4) is 11.5 Å². The van der Waals surface area contributed by atoms with Crippen LogP contribution in [0, 0.1) is 0 Å². The molecule has 0 heterocycles. The number of hydrogen-bond donors (Lipinski definition) is 1. The Labute approximate surface area is 94.1 Å². The number of carbonyl (C=O) groups excluding carboxylic acids is 1. The summed E-state index contributed by atoms with van der Waals surface area (Å²) in [6, 6.07) is 6.77. The fourth-order valence-electron chi connectivity index (χ4n) is 1.11. The number of para-hydroxylation sites is 2. The standard InChI is InChI=1S/C12H14O4/c1-2-5-12(14)16-11-7-4-3-6-10(11)15-9-8-13/h3-4,6-9,13H,2,5H2,1H3. The second kappa shape index (κ2) is 6.50. The highest BCUT2D eigenvalue weighted by Gasteiger charge is 2.08. The molecule has 1 aromatic rings. The van der Waals surface area contributed by atoms with Crippen LogP contribution in [0.25, 0.3) is 0 Å². The van der Waals surface area contributed by atoms with Gasteiger partial charge in [0.15, 0.2) is 11.5 Å². The predicted octanol–water partition coefficient (Wildman–Crippen LogP) is 2.80. The predicted molar refractivity (Wildman–Crippen MR) is 59.4 cm³/mol. The molecular weight excluding hydrogens is 208 g/mol. The third-order valence-electron chi connectivity index (χ3n) is 1.78. The molecule has 0 aromatic heterocycles. The summed E-state index contributed by atoms with van der Waals surface area (Å²) in [6.07, 6.45) is 2.97. The van der Waals surface area contributed by atoms with Gasteiger partial charge in [-0.2, -0.15) is 0 Å². The molecule has 4 heteroatoms. The molecule has 0 saturated carbocycles. The smallest absolute Gasteiger partial charge is 0.311 e. The molecule has 0 unspecified atom stereocenters. The number of ether oxygens (including phenoxy) is 2. The fourth-order valence-corrected chi connectivity index (χ4v) is 1.11. The van der Waals surface area contributed by atoms with Crippen LogP contribution in [0.1, 0.15) is 19.8 Å². The second-order valence-corrected chi connectivity index (χ2v) is 3.07. The molecule has 1 N–H and O–H groups in total. The minimum atomic E-state index is -0.300. The molecule has 0 spiro atoms. The minimum Gasteiger partial charge on any atom is -0.512 e. The van der Waals surface area contributed by atoms with Gasteiger partial charge in [0, 0.05) is 6.42 Å². The summed E-state index contributed by atoms with van der Waals surface area (Å²) < 4.78 is 10.2. The Morgan fingerprint density at radius 1 is 1.38 bits per heavy atom. The van der Waals surface area contributed by atoms with Crippen LogP contribution < -0.4 is 9.47 Å². The fraction of sp³-hybridized carbons (Fsp3) is 0.250. The van der Waals surface area contributed by atoms with E-state index in [1.807, 2.05) is 6.92 Å². The normalized spacial score (nSPS) is 10.3. The average molecular weight is 222 g/mol. The van der Waals surface area contributed by atoms with Crippen LogP contribution in [-0.4, -0.2) is 11.1 Å². The van der Waals surface area contributed by atoms with Crippen molar-refractivity contribution in [3.63, 3.8) is 0 Å². The molecule has 0 aliphatic rings. The maximum atomic E-state index is 11.3. The van der Waals surface area contributed by atoms with Crippen molar-refractivity contribution in [3.05, 3.63) is 36.8 Å². The molecule has 0 radical (unpaired) electrons. The quantitative estimate of drug-likeness (QED) is 0.473. The lowest BCUT2D eigenvalue weighted by atomic mass is 10.3. The van der Waals surface area contributed by atoms with Crippen LogP contribution in [0.4, 0.5) is 0 Å². The van der Waals surface area contributed by atoms with E-state index < -0.39 is 0 Å². The van der Waals surface area contributed by atoms with Gasteiger partial charge in [-0.15, -0.1) is 0 Å². The molecule has 0 saturated heterocycles. The summed E-state index contributed by atoms with van der Waals surface area (Å²) in [5.41, 5.74) is 0. The number of rotatable bonds is 5. The lowest BCUT2D eigenvalue weighted by Crippen LogP contribution is -2.07. The monoisotopic (exact) mass is 222 g/mol. The van der Waals surface area contributed by atoms with Crippen LogP contribution >= 0.6 is 0 Å². The molecule has 0 aliphatic carbocycles. The van der Waals surface area contributed by atoms with Crippen molar-refractivity contribution >= 4 is 5.97 Å². The van der Waals surface area contributed by atoms with E-state index in [0.29, 0.717) is 17.9 Å². The van der Waals surface area contributed by atoms with E-state index in [4.69, 9.17) is 14.6 Å². The molecule has 1 rings (SSSR count). The van der Waals surface area contributed by atoms with E-state index in [2.05, 4.69) is 0 Å². The SMILES string of the molecule is CCCC(=O)Oc1ccccc1OC=CO. The number of benzene rings is 1. The molecule has 86 valence electrons. The molecule has 1 aromatic carbocycles. The van der Waals surface area contributed by atoms with Crippen molar-refractivity contribution in [2.45, 2.75) is 19.8 Å². The van der Waals surface area contributed by atoms with Gasteiger partial charge in [0.1, 0.15) is 12.5 Å². The maximum Gasteiger partial charge on any atom is 0.311 e. The zero-order valence-electron chi connectivity index (χ0n) is 9.05. The number of esters is 1. The Morgan fingerprint density at radius 2 is 2.06 bits per heavy atom. The first kappa shape index (κ1) is 12.1. The van der Waals surface area contributed by atoms with Crippen LogP contribution in [0.3, 0.4) is 0 Å². The Hall–Kier alpha value is -1.97. The van der Waals surface area contributed by atoms with Crippen molar-refractivity contribution < 1.29 is 19.4 Å². The topological polar surface area (TPSA) is 55.8 Å². The first-order valence-electron chi connectivity index (χ1n) is 5.03. The highest BCUT2D eigenvalue weighted by atomic mass is 16.6. The summed E-state index contributed by atoms with van der Waals surface area (Å²) in [4.78, 5) is 11.3. The number of aliphatic hydroxyl groups is 1. The van der Waals surface area contributed by atoms with Gasteiger partial charge >= 0.3 is 5.97 Å². The van der Waals surface area contributed by atoms with Gasteiger partial charge in [0.05, 0.1) is 0 Å². The van der Waals surface area contributed by atoms with E-state index in [1.165, 1.54) is 0 Å². The van der Waals surface area contributed by atoms with E-state index in [-0.39, 0.29) is 5.97 Å². The highest BCUT2D eigenvalue weighted by molar-refractivity contribution is 5.73. The van der Waals surface area contributed by atoms with Gasteiger partial charge in [0.25, 0.3) is 0 Å². The van der Waals surface area contributed by atoms with Crippen molar-refractivity contribution in [1.29, 1.82) is 0 Å². The number of carbonyl (C=O) groups is 1. The Kier molecular flexibility index (Phi) is 4.92. The Balaban J connectivity index is 2.74. The third-order valence-corrected chi connectivity index (χ3v) is 1.78. The summed E-state index contributed by atoms with van der Waals surface area (Å²) in [5, 5.41) is 8.47. The van der Waals surface area contributed by atoms with Crippen molar-refractivity contribution in [1.82, 2.24) is 0 Å². The van der Waals surface area contributed by atoms with Crippen LogP contribution in [0.2, 0.25) is 0 Å². The number of aliphatic hydroxyl groups excluding tert-OH is 1. The Bertz CT molecular complexity index is 371. The van der Waals surface area contributed by atoms with Gasteiger partial charge in [-0.05, 0) is 18.6 Å². The zero-order chi connectivity index (χ0) is 11.8. The summed E-state index contributed by atoms with van der Waals surface area (Å²) in [6.45, 7) is 1.90. The molecular formula is C12H14O4. The average Bonchev–Trinajstić information content (AvgIpc) is 2.28. The molecule has 0 bridgehead atoms. The largest absolute Gasteiger partial charge is 0.512 e. The van der Waals surface area contributed by atoms with Crippen molar-refractivity contribution in [2.24, 2.45) is 0 Å². The van der Waals surface area contributed by atoms with Crippen molar-refractivity contribution in [2.75, 3.05) is 0 Å². The summed E-state index contributed by atoms with van der Waals surface area (Å²) in [7, 11) is 0. The molecule has 0 aliphatic heterocycles. The molecule has 0 fully saturated rings. The van der Waals surface area contributed by atoms with E-state index in [1.54, 1.807) is 24.3 Å².